The van der Waals surface area contributed by atoms with Crippen LogP contribution in [0.4, 0.5) is 0 Å². The average Bonchev–Trinajstić information content (AvgIpc) is 2.78. The molecule has 0 aliphatic heterocycles. The van der Waals surface area contributed by atoms with Gasteiger partial charge in [0.25, 0.3) is 0 Å². The second kappa shape index (κ2) is 6.18. The number of methoxy groups -OCH3 is 1. The number of carbonyl (C=O) groups excluding carboxylic acids is 3. The first-order valence-electron chi connectivity index (χ1n) is 5.74. The van der Waals surface area contributed by atoms with E-state index in [1.165, 1.54) is 7.11 Å². The minimum Gasteiger partial charge on any atom is -0.469 e. The van der Waals surface area contributed by atoms with Crippen molar-refractivity contribution >= 4 is 17.8 Å². The molecule has 0 radical (unpaired) electrons. The van der Waals surface area contributed by atoms with E-state index < -0.39 is 29.8 Å². The summed E-state index contributed by atoms with van der Waals surface area (Å²) in [5.41, 5.74) is -1.07. The zero-order valence-electron chi connectivity index (χ0n) is 10.5. The van der Waals surface area contributed by atoms with Crippen molar-refractivity contribution in [2.45, 2.75) is 31.7 Å². The molecule has 6 heteroatoms. The van der Waals surface area contributed by atoms with Crippen LogP contribution in [0, 0.1) is 0 Å². The maximum atomic E-state index is 11.9. The molecule has 1 N–H and O–H groups in total. The minimum atomic E-state index is -1.07. The zero-order valence-corrected chi connectivity index (χ0v) is 10.5. The first-order valence-corrected chi connectivity index (χ1v) is 5.74. The van der Waals surface area contributed by atoms with Gasteiger partial charge in [0.2, 0.25) is 5.91 Å². The quantitative estimate of drug-likeness (QED) is 0.434. The van der Waals surface area contributed by atoms with Crippen molar-refractivity contribution in [1.29, 1.82) is 0 Å². The van der Waals surface area contributed by atoms with Crippen LogP contribution in [0.1, 0.15) is 26.2 Å². The third-order valence-corrected chi connectivity index (χ3v) is 2.68. The van der Waals surface area contributed by atoms with E-state index in [0.29, 0.717) is 12.8 Å². The van der Waals surface area contributed by atoms with Crippen LogP contribution in [0.3, 0.4) is 0 Å². The summed E-state index contributed by atoms with van der Waals surface area (Å²) < 4.78 is 9.35. The lowest BCUT2D eigenvalue weighted by atomic mass is 9.96. The van der Waals surface area contributed by atoms with Crippen LogP contribution in [0.15, 0.2) is 12.2 Å². The van der Waals surface area contributed by atoms with Crippen LogP contribution < -0.4 is 5.32 Å². The van der Waals surface area contributed by atoms with Crippen LogP contribution in [-0.4, -0.2) is 37.1 Å². The Bertz CT molecular complexity index is 367. The highest BCUT2D eigenvalue weighted by Gasteiger charge is 2.41. The summed E-state index contributed by atoms with van der Waals surface area (Å²) >= 11 is 0. The van der Waals surface area contributed by atoms with E-state index in [1.807, 2.05) is 0 Å². The minimum absolute atomic E-state index is 0.244. The first kappa shape index (κ1) is 14.2. The zero-order chi connectivity index (χ0) is 13.6. The fourth-order valence-corrected chi connectivity index (χ4v) is 1.76. The molecule has 0 saturated heterocycles. The third-order valence-electron chi connectivity index (χ3n) is 2.68. The van der Waals surface area contributed by atoms with Gasteiger partial charge in [0.1, 0.15) is 12.0 Å². The van der Waals surface area contributed by atoms with E-state index in [2.05, 4.69) is 10.1 Å². The maximum Gasteiger partial charge on any atom is 0.332 e. The Hall–Kier alpha value is -1.85. The Morgan fingerprint density at radius 3 is 2.39 bits per heavy atom. The number of hydrogen-bond acceptors (Lipinski definition) is 5. The molecule has 0 unspecified atom stereocenters. The average molecular weight is 255 g/mol. The van der Waals surface area contributed by atoms with E-state index in [0.717, 1.165) is 0 Å². The Morgan fingerprint density at radius 1 is 1.28 bits per heavy atom. The highest BCUT2D eigenvalue weighted by atomic mass is 16.5. The van der Waals surface area contributed by atoms with Gasteiger partial charge in [0.15, 0.2) is 0 Å². The van der Waals surface area contributed by atoms with Gasteiger partial charge in [0.05, 0.1) is 13.7 Å². The van der Waals surface area contributed by atoms with Crippen molar-refractivity contribution in [2.24, 2.45) is 0 Å². The summed E-state index contributed by atoms with van der Waals surface area (Å²) in [4.78, 5) is 34.5. The Morgan fingerprint density at radius 2 is 1.89 bits per heavy atom. The van der Waals surface area contributed by atoms with Crippen molar-refractivity contribution in [1.82, 2.24) is 5.32 Å². The lowest BCUT2D eigenvalue weighted by molar-refractivity contribution is -0.154. The largest absolute Gasteiger partial charge is 0.469 e. The molecule has 1 aliphatic carbocycles. The summed E-state index contributed by atoms with van der Waals surface area (Å²) in [5.74, 6) is -1.66. The molecule has 0 heterocycles. The van der Waals surface area contributed by atoms with E-state index in [-0.39, 0.29) is 6.61 Å². The number of hydrogen-bond donors (Lipinski definition) is 1. The highest BCUT2D eigenvalue weighted by Crippen LogP contribution is 2.25. The molecule has 6 nitrogen and oxygen atoms in total. The van der Waals surface area contributed by atoms with Crippen molar-refractivity contribution in [3.8, 4) is 0 Å². The predicted molar refractivity (Wildman–Crippen MR) is 62.5 cm³/mol. The summed E-state index contributed by atoms with van der Waals surface area (Å²) in [6, 6.07) is 0. The Kier molecular flexibility index (Phi) is 4.88. The summed E-state index contributed by atoms with van der Waals surface area (Å²) in [5, 5.41) is 2.57. The molecule has 1 aliphatic rings. The molecular weight excluding hydrogens is 238 g/mol. The molecule has 0 aromatic rings. The van der Waals surface area contributed by atoms with Gasteiger partial charge in [-0.2, -0.15) is 0 Å². The number of ether oxygens (including phenoxy) is 2. The number of esters is 2. The fourth-order valence-electron chi connectivity index (χ4n) is 1.76. The van der Waals surface area contributed by atoms with Crippen LogP contribution in [0.5, 0.6) is 0 Å². The molecule has 18 heavy (non-hydrogen) atoms. The smallest absolute Gasteiger partial charge is 0.332 e. The van der Waals surface area contributed by atoms with Gasteiger partial charge < -0.3 is 14.8 Å². The lowest BCUT2D eigenvalue weighted by Crippen LogP contribution is -2.54. The summed E-state index contributed by atoms with van der Waals surface area (Å²) in [7, 11) is 1.20. The molecule has 0 fully saturated rings. The van der Waals surface area contributed by atoms with Gasteiger partial charge in [-0.1, -0.05) is 12.2 Å². The molecule has 1 amide bonds. The van der Waals surface area contributed by atoms with Crippen molar-refractivity contribution < 1.29 is 23.9 Å². The molecule has 100 valence electrons. The first-order chi connectivity index (χ1) is 8.54. The number of amides is 1. The number of nitrogens with one attached hydrogen (secondary N) is 1. The van der Waals surface area contributed by atoms with Crippen LogP contribution in [0.25, 0.3) is 0 Å². The van der Waals surface area contributed by atoms with Gasteiger partial charge in [-0.05, 0) is 19.8 Å². The molecule has 1 rings (SSSR count). The molecule has 0 spiro atoms. The van der Waals surface area contributed by atoms with Gasteiger partial charge >= 0.3 is 11.9 Å². The van der Waals surface area contributed by atoms with Gasteiger partial charge in [-0.3, -0.25) is 9.59 Å². The van der Waals surface area contributed by atoms with Gasteiger partial charge in [-0.25, -0.2) is 4.79 Å². The van der Waals surface area contributed by atoms with Gasteiger partial charge in [0, 0.05) is 0 Å². The van der Waals surface area contributed by atoms with E-state index in [4.69, 9.17) is 4.74 Å². The molecular formula is C12H17NO5. The van der Waals surface area contributed by atoms with Crippen molar-refractivity contribution in [3.05, 3.63) is 12.2 Å². The molecule has 0 atom stereocenters. The normalized spacial score (nSPS) is 16.1. The lowest BCUT2D eigenvalue weighted by Gasteiger charge is -2.27. The third kappa shape index (κ3) is 3.32. The maximum absolute atomic E-state index is 11.9. The molecule has 0 saturated carbocycles. The summed E-state index contributed by atoms with van der Waals surface area (Å²) in [6.07, 6.45) is 3.94. The molecule has 0 bridgehead atoms. The molecule has 0 aromatic heterocycles. The number of rotatable bonds is 5. The summed E-state index contributed by atoms with van der Waals surface area (Å²) in [6.45, 7) is 1.94. The highest BCUT2D eigenvalue weighted by molar-refractivity contribution is 5.97. The monoisotopic (exact) mass is 255 g/mol. The molecule has 0 aromatic carbocycles. The van der Waals surface area contributed by atoms with Crippen LogP contribution in [-0.2, 0) is 23.9 Å². The van der Waals surface area contributed by atoms with Crippen molar-refractivity contribution in [3.63, 3.8) is 0 Å². The topological polar surface area (TPSA) is 81.7 Å². The second-order valence-electron chi connectivity index (χ2n) is 3.98. The Balaban J connectivity index is 2.66. The standard InChI is InChI=1S/C12H17NO5/c1-3-18-11(16)12(6-4-5-7-12)13-9(14)8-10(15)17-2/h4-5H,3,6-8H2,1-2H3,(H,13,14). The van der Waals surface area contributed by atoms with E-state index in [1.54, 1.807) is 19.1 Å². The van der Waals surface area contributed by atoms with Crippen molar-refractivity contribution in [2.75, 3.05) is 13.7 Å². The van der Waals surface area contributed by atoms with E-state index in [9.17, 15) is 14.4 Å². The van der Waals surface area contributed by atoms with Crippen LogP contribution >= 0.6 is 0 Å². The predicted octanol–water partition coefficient (Wildman–Crippen LogP) is 0.318. The van der Waals surface area contributed by atoms with Crippen LogP contribution in [0.2, 0.25) is 0 Å². The number of carbonyl (C=O) groups is 3. The van der Waals surface area contributed by atoms with E-state index >= 15 is 0 Å². The fraction of sp³-hybridized carbons (Fsp3) is 0.583. The second-order valence-corrected chi connectivity index (χ2v) is 3.98. The SMILES string of the molecule is CCOC(=O)C1(NC(=O)CC(=O)OC)CC=CC1. The van der Waals surface area contributed by atoms with Gasteiger partial charge in [-0.15, -0.1) is 0 Å². The Labute approximate surface area is 105 Å².